The third-order valence-electron chi connectivity index (χ3n) is 0.667. The van der Waals surface area contributed by atoms with E-state index in [0.29, 0.717) is 0 Å². The van der Waals surface area contributed by atoms with Gasteiger partial charge in [-0.15, -0.1) is 0 Å². The fourth-order valence-electron chi connectivity index (χ4n) is 0.385. The van der Waals surface area contributed by atoms with E-state index in [0.717, 1.165) is 0 Å². The minimum absolute atomic E-state index is 0. The van der Waals surface area contributed by atoms with Gasteiger partial charge in [0.25, 0.3) is 0 Å². The van der Waals surface area contributed by atoms with Crippen LogP contribution in [0.4, 0.5) is 0 Å². The predicted octanol–water partition coefficient (Wildman–Crippen LogP) is 2.34. The monoisotopic (exact) mass is 338 g/mol. The number of hydrogen-bond acceptors (Lipinski definition) is 1. The second-order valence-corrected chi connectivity index (χ2v) is 1.43. The summed E-state index contributed by atoms with van der Waals surface area (Å²) in [6.45, 7) is 0. The molecule has 1 aromatic rings. The molecular formula is C7H6HgNS. The van der Waals surface area contributed by atoms with Crippen LogP contribution in [0.15, 0.2) is 36.4 Å². The molecule has 0 N–H and O–H groups in total. The van der Waals surface area contributed by atoms with Crippen LogP contribution >= 0.6 is 12.2 Å². The van der Waals surface area contributed by atoms with Crippen LogP contribution in [0.25, 0.3) is 5.41 Å². The van der Waals surface area contributed by atoms with Crippen molar-refractivity contribution in [1.82, 2.24) is 0 Å². The average molecular weight is 337 g/mol. The van der Waals surface area contributed by atoms with Crippen molar-refractivity contribution < 1.29 is 27.7 Å². The van der Waals surface area contributed by atoms with Gasteiger partial charge < -0.3 is 5.41 Å². The maximum atomic E-state index is 7.13. The molecule has 0 spiro atoms. The third-order valence-corrected chi connectivity index (χ3v) is 0.667. The van der Waals surface area contributed by atoms with Gasteiger partial charge in [0, 0.05) is 0 Å². The van der Waals surface area contributed by atoms with Gasteiger partial charge in [0.2, 0.25) is 0 Å². The molecule has 0 fully saturated rings. The van der Waals surface area contributed by atoms with Crippen molar-refractivity contribution in [3.8, 4) is 0 Å². The predicted molar refractivity (Wildman–Crippen MR) is 42.4 cm³/mol. The summed E-state index contributed by atoms with van der Waals surface area (Å²) in [6, 6.07) is 12.0. The first kappa shape index (κ1) is 12.6. The zero-order valence-corrected chi connectivity index (χ0v) is 11.8. The van der Waals surface area contributed by atoms with E-state index in [2.05, 4.69) is 12.2 Å². The minimum atomic E-state index is 0. The Balaban J connectivity index is 0. The SMILES string of the molecule is [Hg+].[N-]=C=S.c1ccccc1. The van der Waals surface area contributed by atoms with Gasteiger partial charge in [-0.25, -0.2) is 0 Å². The van der Waals surface area contributed by atoms with Crippen LogP contribution in [0.3, 0.4) is 0 Å². The van der Waals surface area contributed by atoms with E-state index in [9.17, 15) is 0 Å². The number of rotatable bonds is 0. The van der Waals surface area contributed by atoms with Gasteiger partial charge in [0.05, 0.1) is 0 Å². The zero-order chi connectivity index (χ0) is 6.95. The number of thiocarbonyl (C=S) groups is 1. The van der Waals surface area contributed by atoms with Crippen LogP contribution in [-0.2, 0) is 27.7 Å². The molecule has 0 aliphatic carbocycles. The average Bonchev–Trinajstić information content (AvgIpc) is 1.93. The van der Waals surface area contributed by atoms with Gasteiger partial charge in [-0.2, -0.15) is 5.16 Å². The maximum absolute atomic E-state index is 7.13. The van der Waals surface area contributed by atoms with E-state index < -0.39 is 0 Å². The van der Waals surface area contributed by atoms with Crippen LogP contribution in [0, 0.1) is 0 Å². The summed E-state index contributed by atoms with van der Waals surface area (Å²) < 4.78 is 0. The summed E-state index contributed by atoms with van der Waals surface area (Å²) in [7, 11) is 0. The van der Waals surface area contributed by atoms with Crippen molar-refractivity contribution in [2.24, 2.45) is 0 Å². The summed E-state index contributed by atoms with van der Waals surface area (Å²) >= 11 is 3.70. The molecule has 0 aliphatic heterocycles. The van der Waals surface area contributed by atoms with Gasteiger partial charge in [-0.1, -0.05) is 48.6 Å². The second-order valence-electron chi connectivity index (χ2n) is 1.25. The van der Waals surface area contributed by atoms with Crippen molar-refractivity contribution in [1.29, 1.82) is 0 Å². The van der Waals surface area contributed by atoms with Crippen molar-refractivity contribution in [2.45, 2.75) is 0 Å². The molecule has 0 atom stereocenters. The molecule has 0 aromatic heterocycles. The van der Waals surface area contributed by atoms with Crippen LogP contribution in [0.5, 0.6) is 0 Å². The van der Waals surface area contributed by atoms with Crippen molar-refractivity contribution in [3.63, 3.8) is 0 Å². The first-order valence-corrected chi connectivity index (χ1v) is 2.84. The van der Waals surface area contributed by atoms with Crippen molar-refractivity contribution >= 4 is 17.4 Å². The third kappa shape index (κ3) is 10.9. The Bertz CT molecular complexity index is 144. The molecule has 10 heavy (non-hydrogen) atoms. The molecule has 0 amide bonds. The Morgan fingerprint density at radius 3 is 1.10 bits per heavy atom. The smallest absolute Gasteiger partial charge is 0.753 e. The van der Waals surface area contributed by atoms with Crippen LogP contribution in [0.2, 0.25) is 0 Å². The Morgan fingerprint density at radius 1 is 0.900 bits per heavy atom. The largest absolute Gasteiger partial charge is 1.00 e. The number of benzene rings is 1. The molecule has 0 heterocycles. The van der Waals surface area contributed by atoms with Gasteiger partial charge in [0.1, 0.15) is 0 Å². The standard InChI is InChI=1S/C6H6.CNS.Hg/c1-2-4-6-5-3-1;2-1-3;/h1-6H;;/q;-1;+1. The summed E-state index contributed by atoms with van der Waals surface area (Å²) in [5.41, 5.74) is 0. The normalized spacial score (nSPS) is 5.60. The fourth-order valence-corrected chi connectivity index (χ4v) is 0.385. The van der Waals surface area contributed by atoms with E-state index in [1.54, 1.807) is 0 Å². The van der Waals surface area contributed by atoms with Gasteiger partial charge in [0.15, 0.2) is 0 Å². The molecule has 1 aromatic carbocycles. The number of isothiocyanates is 1. The molecule has 3 heteroatoms. The molecule has 0 saturated heterocycles. The van der Waals surface area contributed by atoms with Gasteiger partial charge in [-0.05, 0) is 0 Å². The Hall–Kier alpha value is -0.0449. The second kappa shape index (κ2) is 11.7. The molecule has 47 valence electrons. The molecule has 0 aliphatic rings. The Kier molecular flexibility index (Phi) is 14.8. The number of nitrogens with zero attached hydrogens (tertiary/aromatic N) is 1. The molecule has 1 nitrogen and oxygen atoms in total. The first-order chi connectivity index (χ1) is 4.41. The van der Waals surface area contributed by atoms with Crippen LogP contribution in [-0.4, -0.2) is 5.16 Å². The van der Waals surface area contributed by atoms with Crippen molar-refractivity contribution in [2.75, 3.05) is 0 Å². The minimum Gasteiger partial charge on any atom is -0.753 e. The maximum Gasteiger partial charge on any atom is 1.00 e. The number of hydrogen-bond donors (Lipinski definition) is 0. The van der Waals surface area contributed by atoms with Crippen molar-refractivity contribution in [3.05, 3.63) is 41.8 Å². The fraction of sp³-hybridized carbons (Fsp3) is 0. The van der Waals surface area contributed by atoms with E-state index in [-0.39, 0.29) is 27.7 Å². The quantitative estimate of drug-likeness (QED) is 0.405. The summed E-state index contributed by atoms with van der Waals surface area (Å²) in [6.07, 6.45) is 0. The Labute approximate surface area is 86.5 Å². The van der Waals surface area contributed by atoms with E-state index in [1.165, 1.54) is 5.16 Å². The van der Waals surface area contributed by atoms with Crippen LogP contribution in [0.1, 0.15) is 0 Å². The van der Waals surface area contributed by atoms with Gasteiger partial charge >= 0.3 is 27.7 Å². The summed E-state index contributed by atoms with van der Waals surface area (Å²) in [5, 5.41) is 8.47. The summed E-state index contributed by atoms with van der Waals surface area (Å²) in [4.78, 5) is 0. The Morgan fingerprint density at radius 2 is 1.00 bits per heavy atom. The molecule has 1 radical (unpaired) electrons. The molecule has 0 saturated carbocycles. The molecule has 0 bridgehead atoms. The van der Waals surface area contributed by atoms with E-state index in [4.69, 9.17) is 5.41 Å². The molecular weight excluding hydrogens is 331 g/mol. The topological polar surface area (TPSA) is 22.3 Å². The molecule has 1 rings (SSSR count). The van der Waals surface area contributed by atoms with Crippen LogP contribution < -0.4 is 0 Å². The van der Waals surface area contributed by atoms with E-state index >= 15 is 0 Å². The summed E-state index contributed by atoms with van der Waals surface area (Å²) in [5.74, 6) is 0. The van der Waals surface area contributed by atoms with Gasteiger partial charge in [-0.3, -0.25) is 0 Å². The molecule has 0 unspecified atom stereocenters. The zero-order valence-electron chi connectivity index (χ0n) is 5.53. The first-order valence-electron chi connectivity index (χ1n) is 2.43. The van der Waals surface area contributed by atoms with E-state index in [1.807, 2.05) is 36.4 Å².